The highest BCUT2D eigenvalue weighted by atomic mass is 32.2. The van der Waals surface area contributed by atoms with Crippen molar-refractivity contribution >= 4 is 17.7 Å². The fourth-order valence-electron chi connectivity index (χ4n) is 2.01. The minimum atomic E-state index is -0.391. The van der Waals surface area contributed by atoms with Gasteiger partial charge in [0.2, 0.25) is 5.75 Å². The van der Waals surface area contributed by atoms with Crippen molar-refractivity contribution < 1.29 is 9.11 Å². The monoisotopic (exact) mass is 303 g/mol. The van der Waals surface area contributed by atoms with Gasteiger partial charge in [-0.2, -0.15) is 0 Å². The van der Waals surface area contributed by atoms with Crippen LogP contribution in [0.4, 0.5) is 5.69 Å². The molecule has 0 heterocycles. The molecule has 0 spiro atoms. The maximum absolute atomic E-state index is 11.1. The summed E-state index contributed by atoms with van der Waals surface area (Å²) in [6.07, 6.45) is 1.68. The van der Waals surface area contributed by atoms with Gasteiger partial charge in [0, 0.05) is 11.6 Å². The van der Waals surface area contributed by atoms with E-state index in [1.807, 2.05) is 43.3 Å². The van der Waals surface area contributed by atoms with E-state index in [9.17, 15) is 10.1 Å². The number of hydrogen-bond donors (Lipinski definition) is 0. The van der Waals surface area contributed by atoms with Crippen LogP contribution in [-0.4, -0.2) is 4.92 Å². The van der Waals surface area contributed by atoms with Crippen molar-refractivity contribution in [1.82, 2.24) is 0 Å². The first-order valence-electron chi connectivity index (χ1n) is 6.82. The van der Waals surface area contributed by atoms with Crippen LogP contribution in [0.5, 0.6) is 5.75 Å². The quantitative estimate of drug-likeness (QED) is 0.420. The summed E-state index contributed by atoms with van der Waals surface area (Å²) in [4.78, 5) is 10.7. The molecule has 2 rings (SSSR count). The molecule has 21 heavy (non-hydrogen) atoms. The molecule has 0 aliphatic carbocycles. The number of hydrogen-bond acceptors (Lipinski definition) is 4. The fraction of sp³-hybridized carbons (Fsp3) is 0.250. The van der Waals surface area contributed by atoms with Crippen molar-refractivity contribution in [2.24, 2.45) is 0 Å². The van der Waals surface area contributed by atoms with Gasteiger partial charge in [0.1, 0.15) is 0 Å². The van der Waals surface area contributed by atoms with Crippen molar-refractivity contribution in [3.63, 3.8) is 0 Å². The minimum absolute atomic E-state index is 0.0292. The van der Waals surface area contributed by atoms with Gasteiger partial charge < -0.3 is 4.18 Å². The van der Waals surface area contributed by atoms with Gasteiger partial charge in [-0.05, 0) is 12.0 Å². The molecule has 2 aromatic carbocycles. The SMILES string of the molecule is CCCc1cccc([N+](=O)[O-])c1OSCc1ccccc1. The van der Waals surface area contributed by atoms with Crippen LogP contribution in [0.2, 0.25) is 0 Å². The molecule has 0 N–H and O–H groups in total. The molecule has 0 radical (unpaired) electrons. The Hall–Kier alpha value is -2.01. The lowest BCUT2D eigenvalue weighted by Crippen LogP contribution is -1.97. The molecule has 2 aromatic rings. The largest absolute Gasteiger partial charge is 0.418 e. The fourth-order valence-corrected chi connectivity index (χ4v) is 2.71. The Morgan fingerprint density at radius 1 is 1.14 bits per heavy atom. The lowest BCUT2D eigenvalue weighted by molar-refractivity contribution is -0.385. The number of nitrogens with zero attached hydrogens (tertiary/aromatic N) is 1. The molecule has 0 unspecified atom stereocenters. The average Bonchev–Trinajstić information content (AvgIpc) is 2.49. The summed E-state index contributed by atoms with van der Waals surface area (Å²) in [6, 6.07) is 15.0. The summed E-state index contributed by atoms with van der Waals surface area (Å²) in [5, 5.41) is 11.1. The molecule has 4 nitrogen and oxygen atoms in total. The van der Waals surface area contributed by atoms with Crippen molar-refractivity contribution in [1.29, 1.82) is 0 Å². The van der Waals surface area contributed by atoms with Gasteiger partial charge in [-0.25, -0.2) is 0 Å². The van der Waals surface area contributed by atoms with Crippen LogP contribution in [0.25, 0.3) is 0 Å². The van der Waals surface area contributed by atoms with Crippen molar-refractivity contribution in [2.45, 2.75) is 25.5 Å². The first kappa shape index (κ1) is 15.4. The zero-order valence-corrected chi connectivity index (χ0v) is 12.6. The third-order valence-corrected chi connectivity index (χ3v) is 3.74. The molecule has 110 valence electrons. The number of nitro benzene ring substituents is 1. The molecule has 0 aromatic heterocycles. The first-order valence-corrected chi connectivity index (χ1v) is 7.73. The molecule has 0 saturated carbocycles. The third kappa shape index (κ3) is 4.23. The minimum Gasteiger partial charge on any atom is -0.418 e. The summed E-state index contributed by atoms with van der Waals surface area (Å²) >= 11 is 1.23. The average molecular weight is 303 g/mol. The summed E-state index contributed by atoms with van der Waals surface area (Å²) in [7, 11) is 0. The highest BCUT2D eigenvalue weighted by molar-refractivity contribution is 7.94. The van der Waals surface area contributed by atoms with Crippen molar-refractivity contribution in [3.8, 4) is 5.75 Å². The molecule has 0 amide bonds. The van der Waals surface area contributed by atoms with Gasteiger partial charge in [-0.1, -0.05) is 55.8 Å². The number of benzene rings is 2. The predicted octanol–water partition coefficient (Wildman–Crippen LogP) is 4.77. The zero-order chi connectivity index (χ0) is 15.1. The van der Waals surface area contributed by atoms with Crippen LogP contribution >= 0.6 is 12.0 Å². The van der Waals surface area contributed by atoms with E-state index in [2.05, 4.69) is 0 Å². The number of nitro groups is 1. The van der Waals surface area contributed by atoms with E-state index in [0.717, 1.165) is 24.0 Å². The van der Waals surface area contributed by atoms with Gasteiger partial charge in [-0.3, -0.25) is 10.1 Å². The van der Waals surface area contributed by atoms with E-state index in [-0.39, 0.29) is 5.69 Å². The lowest BCUT2D eigenvalue weighted by atomic mass is 10.1. The van der Waals surface area contributed by atoms with Gasteiger partial charge >= 0.3 is 5.69 Å². The van der Waals surface area contributed by atoms with Crippen LogP contribution in [0.1, 0.15) is 24.5 Å². The summed E-state index contributed by atoms with van der Waals surface area (Å²) in [6.45, 7) is 2.04. The first-order chi connectivity index (χ1) is 10.2. The summed E-state index contributed by atoms with van der Waals surface area (Å²) in [5.41, 5.74) is 2.03. The van der Waals surface area contributed by atoms with Crippen molar-refractivity contribution in [2.75, 3.05) is 0 Å². The topological polar surface area (TPSA) is 52.4 Å². The highest BCUT2D eigenvalue weighted by Crippen LogP contribution is 2.34. The number of para-hydroxylation sites is 1. The van der Waals surface area contributed by atoms with Crippen LogP contribution < -0.4 is 4.18 Å². The van der Waals surface area contributed by atoms with Gasteiger partial charge in [0.15, 0.2) is 0 Å². The van der Waals surface area contributed by atoms with Crippen LogP contribution in [0, 0.1) is 10.1 Å². The van der Waals surface area contributed by atoms with E-state index < -0.39 is 4.92 Å². The molecule has 0 saturated heterocycles. The Morgan fingerprint density at radius 3 is 2.57 bits per heavy atom. The van der Waals surface area contributed by atoms with E-state index in [4.69, 9.17) is 4.18 Å². The van der Waals surface area contributed by atoms with Gasteiger partial charge in [0.25, 0.3) is 0 Å². The molecular formula is C16H17NO3S. The lowest BCUT2D eigenvalue weighted by Gasteiger charge is -2.09. The highest BCUT2D eigenvalue weighted by Gasteiger charge is 2.19. The standard InChI is InChI=1S/C16H17NO3S/c1-2-7-14-10-6-11-15(17(18)19)16(14)20-21-12-13-8-4-3-5-9-13/h3-6,8-11H,2,7,12H2,1H3. The van der Waals surface area contributed by atoms with Gasteiger partial charge in [-0.15, -0.1) is 0 Å². The Balaban J connectivity index is 2.11. The second-order valence-electron chi connectivity index (χ2n) is 4.60. The van der Waals surface area contributed by atoms with E-state index >= 15 is 0 Å². The van der Waals surface area contributed by atoms with Crippen molar-refractivity contribution in [3.05, 3.63) is 69.8 Å². The summed E-state index contributed by atoms with van der Waals surface area (Å²) in [5.74, 6) is 1.03. The van der Waals surface area contributed by atoms with E-state index in [0.29, 0.717) is 11.5 Å². The Bertz CT molecular complexity index is 602. The Labute approximate surface area is 128 Å². The van der Waals surface area contributed by atoms with E-state index in [1.165, 1.54) is 18.1 Å². The maximum Gasteiger partial charge on any atom is 0.312 e. The maximum atomic E-state index is 11.1. The van der Waals surface area contributed by atoms with E-state index in [1.54, 1.807) is 6.07 Å². The van der Waals surface area contributed by atoms with Gasteiger partial charge in [0.05, 0.1) is 22.7 Å². The zero-order valence-electron chi connectivity index (χ0n) is 11.8. The molecule has 0 fully saturated rings. The normalized spacial score (nSPS) is 10.3. The molecule has 0 bridgehead atoms. The Kier molecular flexibility index (Phi) is 5.63. The second-order valence-corrected chi connectivity index (χ2v) is 5.29. The second kappa shape index (κ2) is 7.69. The number of rotatable bonds is 7. The third-order valence-electron chi connectivity index (χ3n) is 3.00. The Morgan fingerprint density at radius 2 is 1.90 bits per heavy atom. The number of aryl methyl sites for hydroxylation is 1. The van der Waals surface area contributed by atoms with Crippen LogP contribution in [0.3, 0.4) is 0 Å². The summed E-state index contributed by atoms with van der Waals surface area (Å²) < 4.78 is 5.66. The van der Waals surface area contributed by atoms with Crippen LogP contribution in [-0.2, 0) is 12.2 Å². The molecule has 5 heteroatoms. The smallest absolute Gasteiger partial charge is 0.312 e. The molecule has 0 aliphatic rings. The van der Waals surface area contributed by atoms with Crippen LogP contribution in [0.15, 0.2) is 48.5 Å². The molecule has 0 aliphatic heterocycles. The molecule has 0 atom stereocenters. The predicted molar refractivity (Wildman–Crippen MR) is 85.5 cm³/mol. The molecular weight excluding hydrogens is 286 g/mol.